The van der Waals surface area contributed by atoms with Crippen molar-refractivity contribution in [1.29, 1.82) is 0 Å². The monoisotopic (exact) mass is 326 g/mol. The van der Waals surface area contributed by atoms with Crippen LogP contribution in [0.5, 0.6) is 11.5 Å². The molecule has 1 aliphatic rings. The van der Waals surface area contributed by atoms with Crippen molar-refractivity contribution in [3.05, 3.63) is 18.2 Å². The lowest BCUT2D eigenvalue weighted by Gasteiger charge is -2.24. The van der Waals surface area contributed by atoms with E-state index in [1.165, 1.54) is 0 Å². The molecule has 0 bridgehead atoms. The minimum atomic E-state index is -1.26. The largest absolute Gasteiger partial charge is 0.486 e. The maximum Gasteiger partial charge on any atom is 0.221 e. The summed E-state index contributed by atoms with van der Waals surface area (Å²) >= 11 is 0. The molecule has 1 unspecified atom stereocenters. The Balaban J connectivity index is 1.91. The van der Waals surface area contributed by atoms with Crippen molar-refractivity contribution in [2.45, 2.75) is 30.7 Å². The van der Waals surface area contributed by atoms with Crippen LogP contribution in [0.25, 0.3) is 0 Å². The third-order valence-corrected chi connectivity index (χ3v) is 4.63. The third-order valence-electron chi connectivity index (χ3n) is 3.28. The molecule has 3 N–H and O–H groups in total. The van der Waals surface area contributed by atoms with E-state index in [0.717, 1.165) is 0 Å². The van der Waals surface area contributed by atoms with E-state index in [0.29, 0.717) is 36.2 Å². The number of rotatable bonds is 6. The lowest BCUT2D eigenvalue weighted by atomic mass is 10.1. The normalized spacial score (nSPS) is 15.2. The van der Waals surface area contributed by atoms with E-state index in [1.807, 2.05) is 13.8 Å². The van der Waals surface area contributed by atoms with Gasteiger partial charge in [0, 0.05) is 35.2 Å². The van der Waals surface area contributed by atoms with Crippen LogP contribution in [0.4, 0.5) is 0 Å². The summed E-state index contributed by atoms with van der Waals surface area (Å²) in [5.74, 6) is 1.37. The van der Waals surface area contributed by atoms with Crippen molar-refractivity contribution in [3.63, 3.8) is 0 Å². The Hall–Kier alpha value is -1.60. The zero-order valence-corrected chi connectivity index (χ0v) is 13.7. The molecule has 1 aromatic rings. The molecule has 1 amide bonds. The molecule has 1 aliphatic heterocycles. The molecule has 122 valence electrons. The summed E-state index contributed by atoms with van der Waals surface area (Å²) in [5, 5.41) is 2.82. The second kappa shape index (κ2) is 7.11. The summed E-state index contributed by atoms with van der Waals surface area (Å²) in [7, 11) is -1.26. The zero-order chi connectivity index (χ0) is 16.2. The first-order valence-corrected chi connectivity index (χ1v) is 8.52. The second-order valence-electron chi connectivity index (χ2n) is 5.74. The van der Waals surface area contributed by atoms with Crippen LogP contribution < -0.4 is 20.5 Å². The smallest absolute Gasteiger partial charge is 0.221 e. The number of ether oxygens (including phenoxy) is 2. The number of benzene rings is 1. The Labute approximate surface area is 132 Å². The topological polar surface area (TPSA) is 90.7 Å². The molecule has 0 radical (unpaired) electrons. The molecule has 1 atom stereocenters. The van der Waals surface area contributed by atoms with Gasteiger partial charge in [0.15, 0.2) is 11.5 Å². The van der Waals surface area contributed by atoms with Crippen molar-refractivity contribution >= 4 is 16.7 Å². The number of nitrogens with one attached hydrogen (secondary N) is 1. The van der Waals surface area contributed by atoms with Crippen molar-refractivity contribution < 1.29 is 18.5 Å². The van der Waals surface area contributed by atoms with Crippen LogP contribution >= 0.6 is 0 Å². The highest BCUT2D eigenvalue weighted by molar-refractivity contribution is 7.85. The van der Waals surface area contributed by atoms with Gasteiger partial charge in [-0.15, -0.1) is 0 Å². The predicted octanol–water partition coefficient (Wildman–Crippen LogP) is 0.809. The van der Waals surface area contributed by atoms with Crippen LogP contribution in [0.2, 0.25) is 0 Å². The molecule has 0 saturated heterocycles. The molecule has 0 fully saturated rings. The summed E-state index contributed by atoms with van der Waals surface area (Å²) in [6.45, 7) is 5.06. The van der Waals surface area contributed by atoms with Crippen molar-refractivity contribution in [1.82, 2.24) is 5.32 Å². The molecule has 2 rings (SSSR count). The van der Waals surface area contributed by atoms with Gasteiger partial charge in [-0.3, -0.25) is 9.00 Å². The molecule has 1 aromatic carbocycles. The second-order valence-corrected chi connectivity index (χ2v) is 7.31. The quantitative estimate of drug-likeness (QED) is 0.807. The van der Waals surface area contributed by atoms with Crippen molar-refractivity contribution in [3.8, 4) is 11.5 Å². The molecular formula is C15H22N2O4S. The van der Waals surface area contributed by atoms with Crippen LogP contribution in [-0.4, -0.2) is 41.2 Å². The van der Waals surface area contributed by atoms with Gasteiger partial charge in [0.1, 0.15) is 13.2 Å². The van der Waals surface area contributed by atoms with Crippen LogP contribution in [0.3, 0.4) is 0 Å². The highest BCUT2D eigenvalue weighted by Gasteiger charge is 2.19. The fourth-order valence-corrected chi connectivity index (χ4v) is 3.02. The number of amides is 1. The lowest BCUT2D eigenvalue weighted by Crippen LogP contribution is -2.49. The summed E-state index contributed by atoms with van der Waals surface area (Å²) in [4.78, 5) is 12.5. The van der Waals surface area contributed by atoms with E-state index < -0.39 is 16.3 Å². The number of carbonyl (C=O) groups is 1. The number of nitrogens with two attached hydrogens (primary N) is 1. The minimum Gasteiger partial charge on any atom is -0.486 e. The molecule has 6 nitrogen and oxygen atoms in total. The van der Waals surface area contributed by atoms with Gasteiger partial charge < -0.3 is 20.5 Å². The third kappa shape index (κ3) is 4.45. The molecule has 1 heterocycles. The van der Waals surface area contributed by atoms with Gasteiger partial charge in [-0.1, -0.05) is 0 Å². The average molecular weight is 326 g/mol. The summed E-state index contributed by atoms with van der Waals surface area (Å²) in [6, 6.07) is 5.21. The Morgan fingerprint density at radius 2 is 2.00 bits per heavy atom. The fourth-order valence-electron chi connectivity index (χ4n) is 1.96. The van der Waals surface area contributed by atoms with Crippen LogP contribution in [0.1, 0.15) is 20.3 Å². The van der Waals surface area contributed by atoms with Gasteiger partial charge in [-0.25, -0.2) is 0 Å². The highest BCUT2D eigenvalue weighted by Crippen LogP contribution is 2.31. The zero-order valence-electron chi connectivity index (χ0n) is 12.9. The van der Waals surface area contributed by atoms with E-state index >= 15 is 0 Å². The first-order valence-electron chi connectivity index (χ1n) is 7.20. The number of hydrogen-bond acceptors (Lipinski definition) is 5. The van der Waals surface area contributed by atoms with Gasteiger partial charge in [-0.05, 0) is 26.0 Å². The van der Waals surface area contributed by atoms with Crippen molar-refractivity contribution in [2.24, 2.45) is 5.73 Å². The number of carbonyl (C=O) groups excluding carboxylic acids is 1. The maximum absolute atomic E-state index is 12.3. The first-order chi connectivity index (χ1) is 10.4. The van der Waals surface area contributed by atoms with Gasteiger partial charge in [0.25, 0.3) is 0 Å². The molecule has 0 saturated carbocycles. The van der Waals surface area contributed by atoms with Gasteiger partial charge >= 0.3 is 0 Å². The Morgan fingerprint density at radius 1 is 1.32 bits per heavy atom. The van der Waals surface area contributed by atoms with Gasteiger partial charge in [-0.2, -0.15) is 0 Å². The van der Waals surface area contributed by atoms with E-state index in [4.69, 9.17) is 15.2 Å². The molecule has 22 heavy (non-hydrogen) atoms. The van der Waals surface area contributed by atoms with E-state index in [-0.39, 0.29) is 18.1 Å². The van der Waals surface area contributed by atoms with Crippen LogP contribution in [0.15, 0.2) is 23.1 Å². The molecule has 0 aromatic heterocycles. The van der Waals surface area contributed by atoms with E-state index in [1.54, 1.807) is 18.2 Å². The number of hydrogen-bond donors (Lipinski definition) is 2. The standard InChI is InChI=1S/C15H22N2O4S/c1-15(2,10-16)17-14(18)5-8-22(19)11-3-4-12-13(9-11)21-7-6-20-12/h3-4,9H,5-8,10,16H2,1-2H3,(H,17,18). The SMILES string of the molecule is CC(C)(CN)NC(=O)CCS(=O)c1ccc2c(c1)OCCO2. The Morgan fingerprint density at radius 3 is 2.68 bits per heavy atom. The average Bonchev–Trinajstić information content (AvgIpc) is 2.51. The summed E-state index contributed by atoms with van der Waals surface area (Å²) < 4.78 is 23.2. The number of fused-ring (bicyclic) bond motifs is 1. The van der Waals surface area contributed by atoms with Crippen LogP contribution in [0, 0.1) is 0 Å². The van der Waals surface area contributed by atoms with E-state index in [2.05, 4.69) is 5.32 Å². The first kappa shape index (κ1) is 16.8. The predicted molar refractivity (Wildman–Crippen MR) is 84.6 cm³/mol. The molecule has 7 heteroatoms. The highest BCUT2D eigenvalue weighted by atomic mass is 32.2. The molecule has 0 aliphatic carbocycles. The minimum absolute atomic E-state index is 0.152. The molecular weight excluding hydrogens is 304 g/mol. The Kier molecular flexibility index (Phi) is 5.42. The van der Waals surface area contributed by atoms with E-state index in [9.17, 15) is 9.00 Å². The summed E-state index contributed by atoms with van der Waals surface area (Å²) in [5.41, 5.74) is 5.12. The van der Waals surface area contributed by atoms with Crippen LogP contribution in [-0.2, 0) is 15.6 Å². The molecule has 0 spiro atoms. The van der Waals surface area contributed by atoms with Crippen molar-refractivity contribution in [2.75, 3.05) is 25.5 Å². The summed E-state index contributed by atoms with van der Waals surface area (Å²) in [6.07, 6.45) is 0.185. The maximum atomic E-state index is 12.3. The fraction of sp³-hybridized carbons (Fsp3) is 0.533. The Bertz CT molecular complexity index is 575. The lowest BCUT2D eigenvalue weighted by molar-refractivity contribution is -0.122. The van der Waals surface area contributed by atoms with Gasteiger partial charge in [0.2, 0.25) is 5.91 Å². The van der Waals surface area contributed by atoms with Gasteiger partial charge in [0.05, 0.1) is 10.8 Å².